The molecular weight excluding hydrogens is 370 g/mol. The van der Waals surface area contributed by atoms with Crippen molar-refractivity contribution in [2.24, 2.45) is 5.10 Å². The number of benzene rings is 2. The zero-order valence-corrected chi connectivity index (χ0v) is 14.9. The van der Waals surface area contributed by atoms with Crippen molar-refractivity contribution in [1.82, 2.24) is 5.43 Å². The number of hydrogen-bond donors (Lipinski definition) is 2. The quantitative estimate of drug-likeness (QED) is 0.412. The van der Waals surface area contributed by atoms with E-state index in [-0.39, 0.29) is 16.4 Å². The number of nitrogens with zero attached hydrogens (tertiary/aromatic N) is 1. The van der Waals surface area contributed by atoms with Gasteiger partial charge in [0, 0.05) is 10.7 Å². The summed E-state index contributed by atoms with van der Waals surface area (Å²) < 4.78 is 5.33. The van der Waals surface area contributed by atoms with Gasteiger partial charge in [-0.1, -0.05) is 23.7 Å². The van der Waals surface area contributed by atoms with Crippen molar-refractivity contribution in [2.45, 2.75) is 6.92 Å². The van der Waals surface area contributed by atoms with Crippen molar-refractivity contribution in [3.05, 3.63) is 75.1 Å². The zero-order valence-electron chi connectivity index (χ0n) is 14.2. The van der Waals surface area contributed by atoms with Crippen LogP contribution >= 0.6 is 11.6 Å². The maximum Gasteiger partial charge on any atom is 0.329 e. The lowest BCUT2D eigenvalue weighted by Gasteiger charge is -2.04. The van der Waals surface area contributed by atoms with Gasteiger partial charge in [0.15, 0.2) is 0 Å². The van der Waals surface area contributed by atoms with Crippen LogP contribution in [-0.2, 0) is 9.59 Å². The summed E-state index contributed by atoms with van der Waals surface area (Å²) in [6.07, 6.45) is 2.31. The Bertz CT molecular complexity index is 1120. The van der Waals surface area contributed by atoms with Crippen LogP contribution in [0.1, 0.15) is 11.1 Å². The fourth-order valence-corrected chi connectivity index (χ4v) is 2.50. The Morgan fingerprint density at radius 3 is 2.74 bits per heavy atom. The first kappa shape index (κ1) is 18.3. The van der Waals surface area contributed by atoms with E-state index in [2.05, 4.69) is 15.8 Å². The number of hydrogen-bond acceptors (Lipinski definition) is 5. The van der Waals surface area contributed by atoms with Crippen LogP contribution in [-0.4, -0.2) is 18.0 Å². The van der Waals surface area contributed by atoms with Crippen LogP contribution in [0, 0.1) is 6.92 Å². The van der Waals surface area contributed by atoms with Gasteiger partial charge >= 0.3 is 11.8 Å². The highest BCUT2D eigenvalue weighted by Gasteiger charge is 2.13. The Morgan fingerprint density at radius 1 is 1.15 bits per heavy atom. The number of nitrogens with one attached hydrogen (secondary N) is 2. The monoisotopic (exact) mass is 383 g/mol. The minimum absolute atomic E-state index is 0.101. The molecule has 1 heterocycles. The van der Waals surface area contributed by atoms with E-state index in [1.165, 1.54) is 12.3 Å². The molecule has 0 saturated heterocycles. The predicted molar refractivity (Wildman–Crippen MR) is 103 cm³/mol. The third-order valence-electron chi connectivity index (χ3n) is 3.61. The molecule has 0 bridgehead atoms. The molecule has 0 unspecified atom stereocenters. The number of rotatable bonds is 3. The number of hydrazone groups is 1. The van der Waals surface area contributed by atoms with Crippen LogP contribution in [0.2, 0.25) is 5.02 Å². The van der Waals surface area contributed by atoms with Crippen molar-refractivity contribution < 1.29 is 14.0 Å². The Hall–Kier alpha value is -3.45. The van der Waals surface area contributed by atoms with Crippen LogP contribution in [0.4, 0.5) is 5.69 Å². The Labute approximate surface area is 158 Å². The summed E-state index contributed by atoms with van der Waals surface area (Å²) in [6.45, 7) is 1.86. The first-order valence-corrected chi connectivity index (χ1v) is 8.24. The molecule has 0 fully saturated rings. The van der Waals surface area contributed by atoms with Crippen LogP contribution < -0.4 is 16.2 Å². The van der Waals surface area contributed by atoms with Crippen LogP contribution in [0.15, 0.2) is 63.0 Å². The van der Waals surface area contributed by atoms with Crippen LogP contribution in [0.5, 0.6) is 0 Å². The molecule has 0 aliphatic heterocycles. The van der Waals surface area contributed by atoms with E-state index in [9.17, 15) is 14.4 Å². The molecule has 1 aromatic heterocycles. The highest BCUT2D eigenvalue weighted by Crippen LogP contribution is 2.16. The van der Waals surface area contributed by atoms with Gasteiger partial charge in [0.2, 0.25) is 5.43 Å². The lowest BCUT2D eigenvalue weighted by atomic mass is 10.2. The number of amides is 2. The summed E-state index contributed by atoms with van der Waals surface area (Å²) in [4.78, 5) is 36.0. The van der Waals surface area contributed by atoms with Crippen molar-refractivity contribution >= 4 is 46.3 Å². The van der Waals surface area contributed by atoms with E-state index in [1.54, 1.807) is 30.3 Å². The summed E-state index contributed by atoms with van der Waals surface area (Å²) in [7, 11) is 0. The topological polar surface area (TPSA) is 101 Å². The van der Waals surface area contributed by atoms with E-state index in [0.29, 0.717) is 16.3 Å². The minimum Gasteiger partial charge on any atom is -0.463 e. The maximum absolute atomic E-state index is 12.4. The minimum atomic E-state index is -0.971. The second-order valence-corrected chi connectivity index (χ2v) is 6.12. The second kappa shape index (κ2) is 7.84. The Morgan fingerprint density at radius 2 is 1.96 bits per heavy atom. The molecule has 2 N–H and O–H groups in total. The maximum atomic E-state index is 12.4. The standard InChI is InChI=1S/C19H14ClN3O4/c1-11-3-2-4-14(7-11)22-18(25)19(26)23-21-9-12-10-27-16-6-5-13(20)8-15(16)17(12)24/h2-10H,1H3,(H,22,25)(H,23,26)/b21-9+. The molecule has 7 nitrogen and oxygen atoms in total. The lowest BCUT2D eigenvalue weighted by Crippen LogP contribution is -2.32. The Kier molecular flexibility index (Phi) is 5.33. The van der Waals surface area contributed by atoms with Gasteiger partial charge in [0.1, 0.15) is 11.8 Å². The first-order chi connectivity index (χ1) is 12.9. The van der Waals surface area contributed by atoms with E-state index in [1.807, 2.05) is 13.0 Å². The fraction of sp³-hybridized carbons (Fsp3) is 0.0526. The second-order valence-electron chi connectivity index (χ2n) is 5.68. The third-order valence-corrected chi connectivity index (χ3v) is 3.85. The molecule has 2 aromatic carbocycles. The average Bonchev–Trinajstić information content (AvgIpc) is 2.64. The molecule has 3 rings (SSSR count). The molecule has 27 heavy (non-hydrogen) atoms. The molecule has 2 amide bonds. The van der Waals surface area contributed by atoms with Crippen molar-refractivity contribution in [2.75, 3.05) is 5.32 Å². The number of aryl methyl sites for hydroxylation is 1. The lowest BCUT2D eigenvalue weighted by molar-refractivity contribution is -0.136. The van der Waals surface area contributed by atoms with Gasteiger partial charge in [0.05, 0.1) is 17.2 Å². The highest BCUT2D eigenvalue weighted by atomic mass is 35.5. The summed E-state index contributed by atoms with van der Waals surface area (Å²) in [5.41, 5.74) is 3.61. The third kappa shape index (κ3) is 4.39. The number of anilines is 1. The number of halogens is 1. The summed E-state index contributed by atoms with van der Waals surface area (Å²) in [5, 5.41) is 6.77. The molecule has 3 aromatic rings. The molecule has 0 atom stereocenters. The first-order valence-electron chi connectivity index (χ1n) is 7.86. The van der Waals surface area contributed by atoms with E-state index >= 15 is 0 Å². The summed E-state index contributed by atoms with van der Waals surface area (Å²) >= 11 is 5.88. The molecule has 0 radical (unpaired) electrons. The fourth-order valence-electron chi connectivity index (χ4n) is 2.33. The van der Waals surface area contributed by atoms with E-state index < -0.39 is 11.8 Å². The van der Waals surface area contributed by atoms with Crippen molar-refractivity contribution in [3.63, 3.8) is 0 Å². The summed E-state index contributed by atoms with van der Waals surface area (Å²) in [5.74, 6) is -1.85. The van der Waals surface area contributed by atoms with Gasteiger partial charge in [-0.3, -0.25) is 14.4 Å². The van der Waals surface area contributed by atoms with Gasteiger partial charge < -0.3 is 9.73 Å². The smallest absolute Gasteiger partial charge is 0.329 e. The SMILES string of the molecule is Cc1cccc(NC(=O)C(=O)N/N=C/c2coc3ccc(Cl)cc3c2=O)c1. The average molecular weight is 384 g/mol. The molecule has 0 aliphatic carbocycles. The van der Waals surface area contributed by atoms with Gasteiger partial charge in [-0.15, -0.1) is 0 Å². The zero-order chi connectivity index (χ0) is 19.4. The normalized spacial score (nSPS) is 10.9. The largest absolute Gasteiger partial charge is 0.463 e. The van der Waals surface area contributed by atoms with Crippen molar-refractivity contribution in [3.8, 4) is 0 Å². The molecule has 0 saturated carbocycles. The van der Waals surface area contributed by atoms with Crippen LogP contribution in [0.25, 0.3) is 11.0 Å². The predicted octanol–water partition coefficient (Wildman–Crippen LogP) is 2.84. The number of fused-ring (bicyclic) bond motifs is 1. The van der Waals surface area contributed by atoms with Gasteiger partial charge in [-0.2, -0.15) is 5.10 Å². The molecular formula is C19H14ClN3O4. The molecule has 0 aliphatic rings. The molecule has 8 heteroatoms. The summed E-state index contributed by atoms with van der Waals surface area (Å²) in [6, 6.07) is 11.7. The molecule has 0 spiro atoms. The van der Waals surface area contributed by atoms with Gasteiger partial charge in [-0.25, -0.2) is 5.43 Å². The Balaban J connectivity index is 1.69. The van der Waals surface area contributed by atoms with E-state index in [0.717, 1.165) is 11.8 Å². The number of carbonyl (C=O) groups excluding carboxylic acids is 2. The van der Waals surface area contributed by atoms with Gasteiger partial charge in [-0.05, 0) is 42.8 Å². The molecule has 136 valence electrons. The van der Waals surface area contributed by atoms with Gasteiger partial charge in [0.25, 0.3) is 0 Å². The van der Waals surface area contributed by atoms with E-state index in [4.69, 9.17) is 16.0 Å². The number of carbonyl (C=O) groups is 2. The highest BCUT2D eigenvalue weighted by molar-refractivity contribution is 6.39. The van der Waals surface area contributed by atoms with Crippen molar-refractivity contribution in [1.29, 1.82) is 0 Å². The van der Waals surface area contributed by atoms with Crippen LogP contribution in [0.3, 0.4) is 0 Å².